The number of nitrogens with zero attached hydrogens (tertiary/aromatic N) is 1. The number of rotatable bonds is 8. The average molecular weight is 480 g/mol. The second-order valence-corrected chi connectivity index (χ2v) is 8.97. The van der Waals surface area contributed by atoms with Gasteiger partial charge in [-0.1, -0.05) is 54.6 Å². The van der Waals surface area contributed by atoms with Crippen molar-refractivity contribution < 1.29 is 19.0 Å². The molecule has 4 nitrogen and oxygen atoms in total. The average Bonchev–Trinajstić information content (AvgIpc) is 3.20. The number of fused-ring (bicyclic) bond motifs is 1. The molecule has 0 radical (unpaired) electrons. The molecule has 0 atom stereocenters. The third kappa shape index (κ3) is 5.15. The summed E-state index contributed by atoms with van der Waals surface area (Å²) in [6.07, 6.45) is 1.84. The second kappa shape index (κ2) is 10.1. The van der Waals surface area contributed by atoms with E-state index in [1.165, 1.54) is 6.07 Å². The van der Waals surface area contributed by atoms with Gasteiger partial charge >= 0.3 is 5.97 Å². The van der Waals surface area contributed by atoms with E-state index in [4.69, 9.17) is 4.74 Å². The quantitative estimate of drug-likeness (QED) is 0.260. The van der Waals surface area contributed by atoms with Crippen molar-refractivity contribution in [2.24, 2.45) is 0 Å². The molecular weight excluding hydrogens is 453 g/mol. The molecule has 0 aliphatic carbocycles. The first kappa shape index (κ1) is 23.4. The number of carbonyl (C=O) groups is 1. The summed E-state index contributed by atoms with van der Waals surface area (Å²) in [6.45, 7) is 2.78. The highest BCUT2D eigenvalue weighted by atomic mass is 19.1. The first-order valence-electron chi connectivity index (χ1n) is 11.8. The van der Waals surface area contributed by atoms with Crippen LogP contribution in [0.4, 0.5) is 4.39 Å². The summed E-state index contributed by atoms with van der Waals surface area (Å²) < 4.78 is 21.8. The summed E-state index contributed by atoms with van der Waals surface area (Å²) in [5.41, 5.74) is 6.40. The predicted molar refractivity (Wildman–Crippen MR) is 140 cm³/mol. The molecule has 1 heterocycles. The molecule has 1 N–H and O–H groups in total. The smallest absolute Gasteiger partial charge is 0.307 e. The van der Waals surface area contributed by atoms with Gasteiger partial charge in [0.05, 0.1) is 6.42 Å². The van der Waals surface area contributed by atoms with Crippen LogP contribution < -0.4 is 4.74 Å². The van der Waals surface area contributed by atoms with Gasteiger partial charge in [0.25, 0.3) is 0 Å². The molecule has 0 bridgehead atoms. The molecule has 5 rings (SSSR count). The Hall–Kier alpha value is -4.38. The zero-order chi connectivity index (χ0) is 25.1. The summed E-state index contributed by atoms with van der Waals surface area (Å²) in [7, 11) is 0. The number of hydrogen-bond acceptors (Lipinski definition) is 2. The van der Waals surface area contributed by atoms with Gasteiger partial charge in [-0.25, -0.2) is 4.39 Å². The fourth-order valence-electron chi connectivity index (χ4n) is 4.49. The molecular formula is C31H26FNO3. The monoisotopic (exact) mass is 479 g/mol. The van der Waals surface area contributed by atoms with E-state index in [9.17, 15) is 14.3 Å². The fourth-order valence-corrected chi connectivity index (χ4v) is 4.49. The molecule has 5 heteroatoms. The number of ether oxygens (including phenoxy) is 1. The van der Waals surface area contributed by atoms with Gasteiger partial charge in [-0.05, 0) is 76.7 Å². The van der Waals surface area contributed by atoms with Crippen LogP contribution in [0.5, 0.6) is 5.75 Å². The maximum Gasteiger partial charge on any atom is 0.307 e. The number of carboxylic acid groups (broad SMARTS) is 1. The van der Waals surface area contributed by atoms with Gasteiger partial charge in [-0.3, -0.25) is 4.79 Å². The van der Waals surface area contributed by atoms with Crippen molar-refractivity contribution in [3.63, 3.8) is 0 Å². The number of aromatic nitrogens is 1. The molecule has 0 saturated heterocycles. The molecule has 0 aliphatic heterocycles. The van der Waals surface area contributed by atoms with E-state index < -0.39 is 5.97 Å². The Labute approximate surface area is 209 Å². The summed E-state index contributed by atoms with van der Waals surface area (Å²) >= 11 is 0. The highest BCUT2D eigenvalue weighted by molar-refractivity contribution is 5.88. The van der Waals surface area contributed by atoms with Crippen LogP contribution in [0.3, 0.4) is 0 Å². The Morgan fingerprint density at radius 2 is 1.67 bits per heavy atom. The lowest BCUT2D eigenvalue weighted by Crippen LogP contribution is -2.00. The maximum atomic E-state index is 13.7. The Morgan fingerprint density at radius 1 is 0.889 bits per heavy atom. The lowest BCUT2D eigenvalue weighted by Gasteiger charge is -2.10. The Balaban J connectivity index is 1.44. The predicted octanol–water partition coefficient (Wildman–Crippen LogP) is 7.01. The minimum absolute atomic E-state index is 0.0689. The lowest BCUT2D eigenvalue weighted by molar-refractivity contribution is -0.136. The highest BCUT2D eigenvalue weighted by Crippen LogP contribution is 2.29. The number of hydrogen-bond donors (Lipinski definition) is 1. The normalized spacial score (nSPS) is 11.1. The van der Waals surface area contributed by atoms with Crippen molar-refractivity contribution in [1.82, 2.24) is 4.57 Å². The van der Waals surface area contributed by atoms with Gasteiger partial charge < -0.3 is 14.4 Å². The summed E-state index contributed by atoms with van der Waals surface area (Å²) in [6, 6.07) is 29.0. The van der Waals surface area contributed by atoms with E-state index in [0.29, 0.717) is 24.5 Å². The van der Waals surface area contributed by atoms with E-state index in [0.717, 1.165) is 38.7 Å². The van der Waals surface area contributed by atoms with Gasteiger partial charge in [-0.15, -0.1) is 0 Å². The molecule has 1 aromatic heterocycles. The minimum atomic E-state index is -0.877. The molecule has 0 spiro atoms. The van der Waals surface area contributed by atoms with Crippen LogP contribution in [0.15, 0.2) is 97.2 Å². The number of halogens is 1. The largest absolute Gasteiger partial charge is 0.489 e. The van der Waals surface area contributed by atoms with E-state index in [1.807, 2.05) is 79.0 Å². The molecule has 36 heavy (non-hydrogen) atoms. The summed E-state index contributed by atoms with van der Waals surface area (Å²) in [5, 5.41) is 10.4. The van der Waals surface area contributed by atoms with Crippen molar-refractivity contribution in [3.8, 4) is 16.9 Å². The van der Waals surface area contributed by atoms with Crippen molar-refractivity contribution in [2.45, 2.75) is 26.5 Å². The fraction of sp³-hybridized carbons (Fsp3) is 0.129. The van der Waals surface area contributed by atoms with Crippen LogP contribution in [-0.4, -0.2) is 15.6 Å². The minimum Gasteiger partial charge on any atom is -0.489 e. The third-order valence-electron chi connectivity index (χ3n) is 6.30. The van der Waals surface area contributed by atoms with Gasteiger partial charge in [0, 0.05) is 23.6 Å². The molecule has 0 unspecified atom stereocenters. The van der Waals surface area contributed by atoms with E-state index >= 15 is 0 Å². The zero-order valence-electron chi connectivity index (χ0n) is 19.9. The molecule has 0 amide bonds. The van der Waals surface area contributed by atoms with Crippen molar-refractivity contribution in [2.75, 3.05) is 0 Å². The number of aryl methyl sites for hydroxylation is 1. The SMILES string of the molecule is Cc1cc(-c2cccc(Cn3cc(CC(=O)O)c4cc(OCc5ccccc5)ccc43)c2)ccc1F. The Bertz CT molecular complexity index is 1540. The number of benzene rings is 4. The van der Waals surface area contributed by atoms with Crippen LogP contribution >= 0.6 is 0 Å². The van der Waals surface area contributed by atoms with Crippen molar-refractivity contribution in [3.05, 3.63) is 125 Å². The molecule has 180 valence electrons. The number of carboxylic acids is 1. The molecule has 0 saturated carbocycles. The lowest BCUT2D eigenvalue weighted by atomic mass is 10.0. The van der Waals surface area contributed by atoms with Crippen LogP contribution in [0.1, 0.15) is 22.3 Å². The van der Waals surface area contributed by atoms with Gasteiger partial charge in [0.2, 0.25) is 0 Å². The summed E-state index contributed by atoms with van der Waals surface area (Å²) in [4.78, 5) is 11.6. The van der Waals surface area contributed by atoms with Crippen LogP contribution in [0.2, 0.25) is 0 Å². The van der Waals surface area contributed by atoms with Gasteiger partial charge in [0.1, 0.15) is 18.2 Å². The van der Waals surface area contributed by atoms with Crippen LogP contribution in [-0.2, 0) is 24.4 Å². The second-order valence-electron chi connectivity index (χ2n) is 8.97. The van der Waals surface area contributed by atoms with E-state index in [-0.39, 0.29) is 12.2 Å². The van der Waals surface area contributed by atoms with E-state index in [1.54, 1.807) is 13.0 Å². The zero-order valence-corrected chi connectivity index (χ0v) is 19.9. The Morgan fingerprint density at radius 3 is 2.44 bits per heavy atom. The molecule has 5 aromatic rings. The molecule has 0 aliphatic rings. The Kier molecular flexibility index (Phi) is 6.54. The van der Waals surface area contributed by atoms with Crippen molar-refractivity contribution in [1.29, 1.82) is 0 Å². The maximum absolute atomic E-state index is 13.7. The first-order chi connectivity index (χ1) is 17.5. The summed E-state index contributed by atoms with van der Waals surface area (Å²) in [5.74, 6) is -0.394. The van der Waals surface area contributed by atoms with E-state index in [2.05, 4.69) is 10.6 Å². The van der Waals surface area contributed by atoms with Crippen LogP contribution in [0.25, 0.3) is 22.0 Å². The van der Waals surface area contributed by atoms with Crippen molar-refractivity contribution >= 4 is 16.9 Å². The molecule has 0 fully saturated rings. The van der Waals surface area contributed by atoms with Gasteiger partial charge in [0.15, 0.2) is 0 Å². The molecule has 4 aromatic carbocycles. The topological polar surface area (TPSA) is 51.5 Å². The van der Waals surface area contributed by atoms with Crippen LogP contribution in [0, 0.1) is 12.7 Å². The number of aliphatic carboxylic acids is 1. The first-order valence-corrected chi connectivity index (χ1v) is 11.8. The third-order valence-corrected chi connectivity index (χ3v) is 6.30. The standard InChI is InChI=1S/C31H26FNO3/c1-21-14-25(10-12-29(21)32)24-9-5-8-23(15-24)18-33-19-26(16-31(34)35)28-17-27(11-13-30(28)33)36-20-22-6-3-2-4-7-22/h2-15,17,19H,16,18,20H2,1H3,(H,34,35). The highest BCUT2D eigenvalue weighted by Gasteiger charge is 2.14. The van der Waals surface area contributed by atoms with Gasteiger partial charge in [-0.2, -0.15) is 0 Å².